The number of ether oxygens (including phenoxy) is 1. The monoisotopic (exact) mass is 384 g/mol. The Morgan fingerprint density at radius 3 is 2.54 bits per heavy atom. The van der Waals surface area contributed by atoms with Crippen LogP contribution in [0.3, 0.4) is 0 Å². The number of rotatable bonds is 6. The van der Waals surface area contributed by atoms with Crippen LogP contribution in [0.5, 0.6) is 5.75 Å². The summed E-state index contributed by atoms with van der Waals surface area (Å²) in [5.74, 6) is 0.0831. The topological polar surface area (TPSA) is 49.9 Å². The maximum atomic E-state index is 13.1. The number of carbonyl (C=O) groups excluding carboxylic acids is 2. The van der Waals surface area contributed by atoms with E-state index in [0.29, 0.717) is 17.9 Å². The number of nitrogens with zero attached hydrogens (tertiary/aromatic N) is 2. The summed E-state index contributed by atoms with van der Waals surface area (Å²) >= 11 is 0. The van der Waals surface area contributed by atoms with E-state index < -0.39 is 0 Å². The first kappa shape index (κ1) is 20.0. The zero-order valence-corrected chi connectivity index (χ0v) is 16.2. The van der Waals surface area contributed by atoms with E-state index in [4.69, 9.17) is 4.74 Å². The van der Waals surface area contributed by atoms with Crippen LogP contribution in [0.25, 0.3) is 0 Å². The highest BCUT2D eigenvalue weighted by Gasteiger charge is 2.32. The first-order valence-corrected chi connectivity index (χ1v) is 9.43. The Balaban J connectivity index is 1.57. The van der Waals surface area contributed by atoms with Gasteiger partial charge in [0.05, 0.1) is 5.56 Å². The van der Waals surface area contributed by atoms with Crippen molar-refractivity contribution >= 4 is 12.2 Å². The quantitative estimate of drug-likeness (QED) is 0.718. The molecule has 2 unspecified atom stereocenters. The number of aldehydes is 1. The lowest BCUT2D eigenvalue weighted by Gasteiger charge is -2.44. The standard InChI is InChI=1S/C22H25FN2O3/c1-16-12-25(22(27)15-28-21-6-4-3-5-19(21)14-26)17(2)11-24(16)13-18-7-9-20(23)10-8-18/h3-10,14,16-17H,11-13,15H2,1-2H3. The van der Waals surface area contributed by atoms with Crippen LogP contribution in [0.4, 0.5) is 4.39 Å². The molecular weight excluding hydrogens is 359 g/mol. The van der Waals surface area contributed by atoms with Gasteiger partial charge in [0.15, 0.2) is 12.9 Å². The van der Waals surface area contributed by atoms with Gasteiger partial charge in [-0.05, 0) is 43.7 Å². The van der Waals surface area contributed by atoms with Crippen molar-refractivity contribution in [3.05, 3.63) is 65.5 Å². The van der Waals surface area contributed by atoms with Gasteiger partial charge in [-0.3, -0.25) is 14.5 Å². The fraction of sp³-hybridized carbons (Fsp3) is 0.364. The van der Waals surface area contributed by atoms with Crippen molar-refractivity contribution in [3.63, 3.8) is 0 Å². The maximum Gasteiger partial charge on any atom is 0.260 e. The van der Waals surface area contributed by atoms with Gasteiger partial charge in [-0.1, -0.05) is 24.3 Å². The Hall–Kier alpha value is -2.73. The van der Waals surface area contributed by atoms with Crippen molar-refractivity contribution in [2.24, 2.45) is 0 Å². The summed E-state index contributed by atoms with van der Waals surface area (Å²) in [6.07, 6.45) is 0.721. The number of benzene rings is 2. The zero-order valence-electron chi connectivity index (χ0n) is 16.2. The van der Waals surface area contributed by atoms with Crippen molar-refractivity contribution in [1.29, 1.82) is 0 Å². The maximum absolute atomic E-state index is 13.1. The SMILES string of the molecule is CC1CN(C(=O)COc2ccccc2C=O)C(C)CN1Cc1ccc(F)cc1. The zero-order chi connectivity index (χ0) is 20.1. The Bertz CT molecular complexity index is 825. The van der Waals surface area contributed by atoms with Gasteiger partial charge in [-0.25, -0.2) is 4.39 Å². The minimum absolute atomic E-state index is 0.0362. The Labute approximate surface area is 164 Å². The molecule has 2 atom stereocenters. The molecule has 28 heavy (non-hydrogen) atoms. The van der Waals surface area contributed by atoms with E-state index in [-0.39, 0.29) is 30.4 Å². The summed E-state index contributed by atoms with van der Waals surface area (Å²) in [6.45, 7) is 6.05. The third-order valence-corrected chi connectivity index (χ3v) is 5.13. The first-order chi connectivity index (χ1) is 13.5. The average Bonchev–Trinajstić information content (AvgIpc) is 2.70. The molecule has 0 bridgehead atoms. The minimum atomic E-state index is -0.239. The predicted octanol–water partition coefficient (Wildman–Crippen LogP) is 3.14. The predicted molar refractivity (Wildman–Crippen MR) is 105 cm³/mol. The van der Waals surface area contributed by atoms with E-state index in [0.717, 1.165) is 24.9 Å². The molecule has 1 aliphatic heterocycles. The first-order valence-electron chi connectivity index (χ1n) is 9.43. The molecule has 1 amide bonds. The molecular formula is C22H25FN2O3. The summed E-state index contributed by atoms with van der Waals surface area (Å²) in [7, 11) is 0. The number of carbonyl (C=O) groups is 2. The molecule has 1 heterocycles. The van der Waals surface area contributed by atoms with Gasteiger partial charge in [0.1, 0.15) is 11.6 Å². The molecule has 1 aliphatic rings. The van der Waals surface area contributed by atoms with Crippen molar-refractivity contribution in [1.82, 2.24) is 9.80 Å². The molecule has 6 heteroatoms. The largest absolute Gasteiger partial charge is 0.483 e. The van der Waals surface area contributed by atoms with Gasteiger partial charge >= 0.3 is 0 Å². The molecule has 0 radical (unpaired) electrons. The molecule has 2 aromatic rings. The number of para-hydroxylation sites is 1. The van der Waals surface area contributed by atoms with Gasteiger partial charge in [-0.2, -0.15) is 0 Å². The number of amides is 1. The molecule has 2 aromatic carbocycles. The summed E-state index contributed by atoms with van der Waals surface area (Å²) in [5.41, 5.74) is 1.48. The van der Waals surface area contributed by atoms with Gasteiger partial charge in [0.2, 0.25) is 0 Å². The lowest BCUT2D eigenvalue weighted by atomic mass is 10.1. The summed E-state index contributed by atoms with van der Waals surface area (Å²) in [4.78, 5) is 27.9. The minimum Gasteiger partial charge on any atom is -0.483 e. The number of piperazine rings is 1. The molecule has 3 rings (SSSR count). The van der Waals surface area contributed by atoms with Crippen LogP contribution in [0, 0.1) is 5.82 Å². The lowest BCUT2D eigenvalue weighted by molar-refractivity contribution is -0.139. The van der Waals surface area contributed by atoms with Crippen LogP contribution in [-0.2, 0) is 11.3 Å². The van der Waals surface area contributed by atoms with Gasteiger partial charge in [0, 0.05) is 31.7 Å². The van der Waals surface area contributed by atoms with Crippen molar-refractivity contribution in [2.45, 2.75) is 32.5 Å². The van der Waals surface area contributed by atoms with E-state index in [9.17, 15) is 14.0 Å². The number of hydrogen-bond acceptors (Lipinski definition) is 4. The lowest BCUT2D eigenvalue weighted by Crippen LogP contribution is -2.58. The molecule has 0 aromatic heterocycles. The Morgan fingerprint density at radius 2 is 1.82 bits per heavy atom. The molecule has 1 fully saturated rings. The number of hydrogen-bond donors (Lipinski definition) is 0. The van der Waals surface area contributed by atoms with Crippen molar-refractivity contribution in [2.75, 3.05) is 19.7 Å². The second-order valence-corrected chi connectivity index (χ2v) is 7.24. The molecule has 5 nitrogen and oxygen atoms in total. The molecule has 148 valence electrons. The smallest absolute Gasteiger partial charge is 0.260 e. The third-order valence-electron chi connectivity index (χ3n) is 5.13. The van der Waals surface area contributed by atoms with Crippen LogP contribution in [0.15, 0.2) is 48.5 Å². The molecule has 0 saturated carbocycles. The van der Waals surface area contributed by atoms with Crippen LogP contribution in [-0.4, -0.2) is 53.8 Å². The average molecular weight is 384 g/mol. The van der Waals surface area contributed by atoms with E-state index in [1.165, 1.54) is 12.1 Å². The highest BCUT2D eigenvalue weighted by Crippen LogP contribution is 2.20. The summed E-state index contributed by atoms with van der Waals surface area (Å²) in [6, 6.07) is 13.6. The fourth-order valence-electron chi connectivity index (χ4n) is 3.52. The van der Waals surface area contributed by atoms with Crippen LogP contribution >= 0.6 is 0 Å². The van der Waals surface area contributed by atoms with Crippen LogP contribution < -0.4 is 4.74 Å². The van der Waals surface area contributed by atoms with Crippen molar-refractivity contribution in [3.8, 4) is 5.75 Å². The second-order valence-electron chi connectivity index (χ2n) is 7.24. The van der Waals surface area contributed by atoms with Crippen molar-refractivity contribution < 1.29 is 18.7 Å². The highest BCUT2D eigenvalue weighted by molar-refractivity contribution is 5.81. The van der Waals surface area contributed by atoms with E-state index in [1.807, 2.05) is 11.8 Å². The highest BCUT2D eigenvalue weighted by atomic mass is 19.1. The number of halogens is 1. The normalized spacial score (nSPS) is 20.0. The molecule has 1 saturated heterocycles. The second kappa shape index (κ2) is 8.97. The van der Waals surface area contributed by atoms with E-state index in [1.54, 1.807) is 36.4 Å². The summed E-state index contributed by atoms with van der Waals surface area (Å²) in [5, 5.41) is 0. The summed E-state index contributed by atoms with van der Waals surface area (Å²) < 4.78 is 18.7. The van der Waals surface area contributed by atoms with Gasteiger partial charge in [-0.15, -0.1) is 0 Å². The molecule has 0 aliphatic carbocycles. The van der Waals surface area contributed by atoms with Crippen LogP contribution in [0.2, 0.25) is 0 Å². The fourth-order valence-corrected chi connectivity index (χ4v) is 3.52. The van der Waals surface area contributed by atoms with Gasteiger partial charge < -0.3 is 9.64 Å². The third kappa shape index (κ3) is 4.75. The molecule has 0 spiro atoms. The van der Waals surface area contributed by atoms with Crippen LogP contribution in [0.1, 0.15) is 29.8 Å². The van der Waals surface area contributed by atoms with E-state index in [2.05, 4.69) is 11.8 Å². The Morgan fingerprint density at radius 1 is 1.11 bits per heavy atom. The molecule has 0 N–H and O–H groups in total. The Kier molecular flexibility index (Phi) is 6.41. The van der Waals surface area contributed by atoms with E-state index >= 15 is 0 Å². The van der Waals surface area contributed by atoms with Gasteiger partial charge in [0.25, 0.3) is 5.91 Å².